The molecule has 2 aliphatic carbocycles. The van der Waals surface area contributed by atoms with Gasteiger partial charge in [0.1, 0.15) is 13.2 Å². The molecule has 0 aromatic carbocycles. The van der Waals surface area contributed by atoms with Gasteiger partial charge < -0.3 is 19.9 Å². The Kier molecular flexibility index (Phi) is 22.3. The Morgan fingerprint density at radius 2 is 1.18 bits per heavy atom. The smallest absolute Gasteiger partial charge is 0.875 e. The van der Waals surface area contributed by atoms with E-state index in [1.54, 1.807) is 35.7 Å². The summed E-state index contributed by atoms with van der Waals surface area (Å²) in [5, 5.41) is 31.6. The number of thioether (sulfide) groups is 2. The molecule has 2 rings (SSSR count). The summed E-state index contributed by atoms with van der Waals surface area (Å²) in [5.74, 6) is -0.123. The molecule has 1 radical (unpaired) electrons. The van der Waals surface area contributed by atoms with Crippen LogP contribution in [0.2, 0.25) is 0 Å². The number of rotatable bonds is 16. The molecule has 0 aliphatic heterocycles. The second kappa shape index (κ2) is 23.0. The Hall–Kier alpha value is -1.36. The Labute approximate surface area is 298 Å². The number of carbonyl (C=O) groups excluding carboxylic acids is 2. The third kappa shape index (κ3) is 15.9. The van der Waals surface area contributed by atoms with E-state index < -0.39 is 0 Å². The first-order chi connectivity index (χ1) is 20.9. The maximum atomic E-state index is 11.6. The van der Waals surface area contributed by atoms with Crippen molar-refractivity contribution in [3.63, 3.8) is 0 Å². The standard InChI is InChI=1S/2C16H24ClNO3S.Cu/c2*1-4-15(18-21-7-5-6-17)16(2,22-3)11-12-8-13(19)10-14(20)9-12;/h2*5-6,10,12,19H,4,7-9,11H2,1-3H3;/q;;+2/p-2/b2*6-5+,18-15?;. The van der Waals surface area contributed by atoms with Crippen LogP contribution in [0.15, 0.2) is 57.2 Å². The molecular weight excluding hydrogens is 707 g/mol. The first-order valence-corrected chi connectivity index (χ1v) is 18.0. The normalized spacial score (nSPS) is 22.0. The predicted molar refractivity (Wildman–Crippen MR) is 182 cm³/mol. The Balaban J connectivity index is 0.000000842. The molecule has 0 spiro atoms. The van der Waals surface area contributed by atoms with Crippen molar-refractivity contribution in [1.82, 2.24) is 0 Å². The molecule has 13 heteroatoms. The molecule has 0 amide bonds. The van der Waals surface area contributed by atoms with Crippen LogP contribution in [-0.4, -0.2) is 58.2 Å². The van der Waals surface area contributed by atoms with E-state index in [0.717, 1.165) is 37.1 Å². The van der Waals surface area contributed by atoms with Crippen molar-refractivity contribution in [3.8, 4) is 0 Å². The van der Waals surface area contributed by atoms with Gasteiger partial charge in [-0.05, 0) is 101 Å². The van der Waals surface area contributed by atoms with Gasteiger partial charge in [-0.1, -0.05) is 47.4 Å². The van der Waals surface area contributed by atoms with Crippen molar-refractivity contribution in [2.24, 2.45) is 22.1 Å². The summed E-state index contributed by atoms with van der Waals surface area (Å²) in [6, 6.07) is 0. The Morgan fingerprint density at radius 1 is 0.822 bits per heavy atom. The van der Waals surface area contributed by atoms with Gasteiger partial charge in [-0.15, -0.1) is 11.5 Å². The summed E-state index contributed by atoms with van der Waals surface area (Å²) >= 11 is 14.2. The summed E-state index contributed by atoms with van der Waals surface area (Å²) in [4.78, 5) is 33.7. The number of halogens is 2. The van der Waals surface area contributed by atoms with E-state index in [0.29, 0.717) is 38.9 Å². The number of hydrogen-bond acceptors (Lipinski definition) is 10. The first kappa shape index (κ1) is 43.6. The first-order valence-electron chi connectivity index (χ1n) is 14.7. The van der Waals surface area contributed by atoms with Crippen LogP contribution >= 0.6 is 46.7 Å². The Bertz CT molecular complexity index is 1040. The van der Waals surface area contributed by atoms with Crippen molar-refractivity contribution in [3.05, 3.63) is 46.9 Å². The fourth-order valence-corrected chi connectivity index (χ4v) is 7.15. The number of hydrogen-bond donors (Lipinski definition) is 0. The molecule has 0 bridgehead atoms. The van der Waals surface area contributed by atoms with Crippen LogP contribution < -0.4 is 10.2 Å². The summed E-state index contributed by atoms with van der Waals surface area (Å²) < 4.78 is -0.496. The van der Waals surface area contributed by atoms with Crippen LogP contribution in [0.1, 0.15) is 79.1 Å². The molecule has 0 heterocycles. The van der Waals surface area contributed by atoms with Gasteiger partial charge in [0.05, 0.1) is 20.9 Å². The van der Waals surface area contributed by atoms with Crippen molar-refractivity contribution in [2.75, 3.05) is 25.7 Å². The second-order valence-corrected chi connectivity index (χ2v) is 14.2. The summed E-state index contributed by atoms with van der Waals surface area (Å²) in [7, 11) is 0. The van der Waals surface area contributed by atoms with Gasteiger partial charge in [0.25, 0.3) is 0 Å². The largest absolute Gasteiger partial charge is 2.00 e. The molecule has 0 saturated carbocycles. The molecule has 4 atom stereocenters. The van der Waals surface area contributed by atoms with Crippen LogP contribution in [-0.2, 0) is 36.3 Å². The van der Waals surface area contributed by atoms with E-state index in [9.17, 15) is 19.8 Å². The van der Waals surface area contributed by atoms with Gasteiger partial charge in [0.15, 0.2) is 11.6 Å². The minimum atomic E-state index is -0.248. The minimum Gasteiger partial charge on any atom is -0.875 e. The third-order valence-corrected chi connectivity index (χ3v) is 10.6. The topological polar surface area (TPSA) is 123 Å². The van der Waals surface area contributed by atoms with Crippen LogP contribution in [0.4, 0.5) is 0 Å². The molecule has 0 saturated heterocycles. The minimum absolute atomic E-state index is 0. The zero-order chi connectivity index (χ0) is 33.2. The molecule has 0 aromatic rings. The monoisotopic (exact) mass is 751 g/mol. The molecule has 257 valence electrons. The maximum Gasteiger partial charge on any atom is 2.00 e. The van der Waals surface area contributed by atoms with Crippen LogP contribution in [0.25, 0.3) is 0 Å². The average molecular weight is 753 g/mol. The van der Waals surface area contributed by atoms with Gasteiger partial charge in [-0.25, -0.2) is 0 Å². The zero-order valence-corrected chi connectivity index (χ0v) is 31.0. The van der Waals surface area contributed by atoms with Gasteiger partial charge >= 0.3 is 17.1 Å². The zero-order valence-electron chi connectivity index (χ0n) is 26.9. The maximum absolute atomic E-state index is 11.6. The van der Waals surface area contributed by atoms with E-state index in [1.807, 2.05) is 26.4 Å². The fourth-order valence-electron chi connectivity index (χ4n) is 5.36. The molecular formula is C32H46Cl2CuN2O6S2. The van der Waals surface area contributed by atoms with Crippen molar-refractivity contribution in [1.29, 1.82) is 0 Å². The van der Waals surface area contributed by atoms with Crippen molar-refractivity contribution < 1.29 is 46.5 Å². The van der Waals surface area contributed by atoms with Gasteiger partial charge in [-0.2, -0.15) is 23.5 Å². The van der Waals surface area contributed by atoms with E-state index in [2.05, 4.69) is 24.2 Å². The number of allylic oxidation sites excluding steroid dienone is 4. The molecule has 0 N–H and O–H groups in total. The number of nitrogens with zero attached hydrogens (tertiary/aromatic N) is 2. The summed E-state index contributed by atoms with van der Waals surface area (Å²) in [6.07, 6.45) is 14.6. The van der Waals surface area contributed by atoms with Crippen LogP contribution in [0, 0.1) is 11.8 Å². The van der Waals surface area contributed by atoms with Crippen LogP contribution in [0.5, 0.6) is 0 Å². The molecule has 8 nitrogen and oxygen atoms in total. The molecule has 2 aliphatic rings. The predicted octanol–water partition coefficient (Wildman–Crippen LogP) is 6.51. The van der Waals surface area contributed by atoms with Gasteiger partial charge in [0.2, 0.25) is 0 Å². The summed E-state index contributed by atoms with van der Waals surface area (Å²) in [6.45, 7) is 8.89. The van der Waals surface area contributed by atoms with E-state index in [1.165, 1.54) is 23.2 Å². The fraction of sp³-hybridized carbons (Fsp3) is 0.625. The van der Waals surface area contributed by atoms with Crippen molar-refractivity contribution in [2.45, 2.75) is 88.6 Å². The summed E-state index contributed by atoms with van der Waals surface area (Å²) in [5.41, 5.74) is 4.64. The SMILES string of the molecule is CCC(=NOC/C=C/Cl)C(C)(CC1CC(=O)C=C([O-])C1)SC.CCC(=NOC/C=C/Cl)C(C)(CC1CC(=O)C=C([O-])C1)SC.[Cu+2]. The number of carbonyl (C=O) groups is 2. The van der Waals surface area contributed by atoms with E-state index in [-0.39, 0.29) is 61.5 Å². The van der Waals surface area contributed by atoms with E-state index in [4.69, 9.17) is 32.9 Å². The van der Waals surface area contributed by atoms with Gasteiger partial charge in [0, 0.05) is 23.9 Å². The Morgan fingerprint density at radius 3 is 1.44 bits per heavy atom. The number of ketones is 2. The molecule has 0 aromatic heterocycles. The molecule has 45 heavy (non-hydrogen) atoms. The van der Waals surface area contributed by atoms with Crippen molar-refractivity contribution >= 4 is 69.7 Å². The second-order valence-electron chi connectivity index (χ2n) is 11.1. The van der Waals surface area contributed by atoms with E-state index >= 15 is 0 Å². The molecule has 4 unspecified atom stereocenters. The molecule has 0 fully saturated rings. The average Bonchev–Trinajstić information content (AvgIpc) is 2.96. The van der Waals surface area contributed by atoms with Gasteiger partial charge in [-0.3, -0.25) is 9.59 Å². The van der Waals surface area contributed by atoms with Crippen LogP contribution in [0.3, 0.4) is 0 Å². The third-order valence-electron chi connectivity index (χ3n) is 7.62. The number of oxime groups is 2. The quantitative estimate of drug-likeness (QED) is 0.0757.